The highest BCUT2D eigenvalue weighted by atomic mass is 32.1. The van der Waals surface area contributed by atoms with Gasteiger partial charge in [0, 0.05) is 24.9 Å². The van der Waals surface area contributed by atoms with Gasteiger partial charge in [0.2, 0.25) is 5.91 Å². The molecule has 0 aromatic carbocycles. The van der Waals surface area contributed by atoms with E-state index in [1.807, 2.05) is 33.9 Å². The summed E-state index contributed by atoms with van der Waals surface area (Å²) in [4.78, 5) is 12.2. The van der Waals surface area contributed by atoms with Crippen molar-refractivity contribution < 1.29 is 9.53 Å². The number of nitrogens with one attached hydrogen (secondary N) is 1. The minimum atomic E-state index is -0.0968. The van der Waals surface area contributed by atoms with E-state index in [-0.39, 0.29) is 18.1 Å². The van der Waals surface area contributed by atoms with Crippen LogP contribution in [0.5, 0.6) is 0 Å². The number of thiophene rings is 1. The maximum atomic E-state index is 12.2. The second-order valence-corrected chi connectivity index (χ2v) is 6.33. The highest BCUT2D eigenvalue weighted by Gasteiger charge is 2.29. The van der Waals surface area contributed by atoms with Gasteiger partial charge < -0.3 is 10.1 Å². The number of aromatic nitrogens is 2. The molecular formula is C16H21N3O2S. The highest BCUT2D eigenvalue weighted by molar-refractivity contribution is 7.07. The van der Waals surface area contributed by atoms with E-state index < -0.39 is 0 Å². The third-order valence-corrected chi connectivity index (χ3v) is 4.65. The first-order chi connectivity index (χ1) is 10.8. The molecule has 2 aromatic rings. The molecular weight excluding hydrogens is 298 g/mol. The Morgan fingerprint density at radius 3 is 3.23 bits per heavy atom. The van der Waals surface area contributed by atoms with Crippen LogP contribution in [0.4, 0.5) is 0 Å². The van der Waals surface area contributed by atoms with Crippen LogP contribution in [-0.4, -0.2) is 28.3 Å². The predicted molar refractivity (Wildman–Crippen MR) is 85.8 cm³/mol. The lowest BCUT2D eigenvalue weighted by Crippen LogP contribution is -2.43. The summed E-state index contributed by atoms with van der Waals surface area (Å²) in [6, 6.07) is 2.01. The van der Waals surface area contributed by atoms with E-state index in [4.69, 9.17) is 4.74 Å². The van der Waals surface area contributed by atoms with Gasteiger partial charge in [-0.25, -0.2) is 0 Å². The first-order valence-corrected chi connectivity index (χ1v) is 8.65. The topological polar surface area (TPSA) is 56.1 Å². The number of hydrogen-bond donors (Lipinski definition) is 1. The number of ether oxygens (including phenoxy) is 1. The van der Waals surface area contributed by atoms with Gasteiger partial charge in [-0.15, -0.1) is 0 Å². The van der Waals surface area contributed by atoms with Crippen LogP contribution in [-0.2, 0) is 22.5 Å². The van der Waals surface area contributed by atoms with E-state index in [0.717, 1.165) is 37.1 Å². The predicted octanol–water partition coefficient (Wildman–Crippen LogP) is 2.54. The first kappa shape index (κ1) is 15.2. The van der Waals surface area contributed by atoms with Gasteiger partial charge in [0.25, 0.3) is 0 Å². The average Bonchev–Trinajstić information content (AvgIpc) is 3.19. The number of carbonyl (C=O) groups is 1. The highest BCUT2D eigenvalue weighted by Crippen LogP contribution is 2.28. The molecule has 1 amide bonds. The number of nitrogens with zero attached hydrogens (tertiary/aromatic N) is 2. The fourth-order valence-corrected chi connectivity index (χ4v) is 3.46. The molecule has 22 heavy (non-hydrogen) atoms. The molecule has 0 saturated carbocycles. The molecule has 1 aliphatic heterocycles. The van der Waals surface area contributed by atoms with Crippen molar-refractivity contribution in [2.45, 2.75) is 44.9 Å². The summed E-state index contributed by atoms with van der Waals surface area (Å²) in [5.41, 5.74) is 2.11. The normalized spacial score (nSPS) is 21.7. The maximum Gasteiger partial charge on any atom is 0.224 e. The lowest BCUT2D eigenvalue weighted by Gasteiger charge is -2.31. The Labute approximate surface area is 134 Å². The Balaban J connectivity index is 1.65. The molecule has 0 unspecified atom stereocenters. The van der Waals surface area contributed by atoms with Gasteiger partial charge >= 0.3 is 0 Å². The van der Waals surface area contributed by atoms with Crippen LogP contribution >= 0.6 is 11.3 Å². The first-order valence-electron chi connectivity index (χ1n) is 7.70. The van der Waals surface area contributed by atoms with Crippen molar-refractivity contribution in [1.82, 2.24) is 15.1 Å². The summed E-state index contributed by atoms with van der Waals surface area (Å²) in [6.45, 7) is 3.62. The molecule has 5 nitrogen and oxygen atoms in total. The number of carbonyl (C=O) groups excluding carboxylic acids is 1. The second-order valence-electron chi connectivity index (χ2n) is 5.55. The molecule has 6 heteroatoms. The standard InChI is InChI=1S/C16H21N3O2S/c1-2-19-10-13(9-17-19)16-14(4-3-6-21-16)18-15(20)8-12-5-7-22-11-12/h5,7,9-11,14,16H,2-4,6,8H2,1H3,(H,18,20)/t14-,16+/m0/s1. The van der Waals surface area contributed by atoms with Crippen molar-refractivity contribution in [1.29, 1.82) is 0 Å². The SMILES string of the molecule is CCn1cc([C@H]2OCCC[C@@H]2NC(=O)Cc2ccsc2)cn1. The Morgan fingerprint density at radius 2 is 2.50 bits per heavy atom. The minimum absolute atomic E-state index is 0.0226. The Kier molecular flexibility index (Phi) is 4.90. The van der Waals surface area contributed by atoms with Crippen molar-refractivity contribution in [2.75, 3.05) is 6.61 Å². The number of amides is 1. The zero-order chi connectivity index (χ0) is 15.4. The molecule has 0 spiro atoms. The third-order valence-electron chi connectivity index (χ3n) is 3.92. The molecule has 0 radical (unpaired) electrons. The van der Waals surface area contributed by atoms with Gasteiger partial charge in [-0.2, -0.15) is 16.4 Å². The second kappa shape index (κ2) is 7.07. The van der Waals surface area contributed by atoms with E-state index in [9.17, 15) is 4.79 Å². The number of hydrogen-bond acceptors (Lipinski definition) is 4. The van der Waals surface area contributed by atoms with Crippen molar-refractivity contribution in [3.8, 4) is 0 Å². The zero-order valence-corrected chi connectivity index (χ0v) is 13.5. The van der Waals surface area contributed by atoms with Crippen LogP contribution in [0.1, 0.15) is 37.0 Å². The van der Waals surface area contributed by atoms with Gasteiger partial charge in [0.1, 0.15) is 6.10 Å². The quantitative estimate of drug-likeness (QED) is 0.921. The molecule has 3 rings (SSSR count). The third kappa shape index (κ3) is 3.56. The largest absolute Gasteiger partial charge is 0.371 e. The van der Waals surface area contributed by atoms with Gasteiger partial charge in [-0.3, -0.25) is 9.48 Å². The summed E-state index contributed by atoms with van der Waals surface area (Å²) in [7, 11) is 0. The van der Waals surface area contributed by atoms with E-state index >= 15 is 0 Å². The molecule has 3 heterocycles. The van der Waals surface area contributed by atoms with Crippen molar-refractivity contribution >= 4 is 17.2 Å². The van der Waals surface area contributed by atoms with Crippen molar-refractivity contribution in [2.24, 2.45) is 0 Å². The van der Waals surface area contributed by atoms with Crippen LogP contribution in [0, 0.1) is 0 Å². The van der Waals surface area contributed by atoms with Crippen LogP contribution in [0.3, 0.4) is 0 Å². The lowest BCUT2D eigenvalue weighted by molar-refractivity contribution is -0.123. The van der Waals surface area contributed by atoms with Crippen molar-refractivity contribution in [3.63, 3.8) is 0 Å². The molecule has 1 fully saturated rings. The summed E-state index contributed by atoms with van der Waals surface area (Å²) in [5, 5.41) is 11.5. The Bertz CT molecular complexity index is 609. The molecule has 2 aromatic heterocycles. The minimum Gasteiger partial charge on any atom is -0.371 e. The molecule has 0 bridgehead atoms. The van der Waals surface area contributed by atoms with E-state index in [2.05, 4.69) is 17.3 Å². The molecule has 118 valence electrons. The number of rotatable bonds is 5. The number of aryl methyl sites for hydroxylation is 1. The molecule has 1 saturated heterocycles. The van der Waals surface area contributed by atoms with Gasteiger partial charge in [0.05, 0.1) is 18.7 Å². The van der Waals surface area contributed by atoms with Gasteiger partial charge in [-0.1, -0.05) is 0 Å². The molecule has 2 atom stereocenters. The summed E-state index contributed by atoms with van der Waals surface area (Å²) < 4.78 is 7.79. The Hall–Kier alpha value is -1.66. The van der Waals surface area contributed by atoms with Gasteiger partial charge in [0.15, 0.2) is 0 Å². The Morgan fingerprint density at radius 1 is 1.59 bits per heavy atom. The fourth-order valence-electron chi connectivity index (χ4n) is 2.79. The van der Waals surface area contributed by atoms with Crippen LogP contribution in [0.25, 0.3) is 0 Å². The summed E-state index contributed by atoms with van der Waals surface area (Å²) in [5.74, 6) is 0.0572. The van der Waals surface area contributed by atoms with Crippen LogP contribution in [0.15, 0.2) is 29.2 Å². The van der Waals surface area contributed by atoms with Crippen LogP contribution < -0.4 is 5.32 Å². The van der Waals surface area contributed by atoms with E-state index in [1.54, 1.807) is 11.3 Å². The summed E-state index contributed by atoms with van der Waals surface area (Å²) in [6.07, 6.45) is 6.10. The molecule has 0 aliphatic carbocycles. The smallest absolute Gasteiger partial charge is 0.224 e. The monoisotopic (exact) mass is 319 g/mol. The zero-order valence-electron chi connectivity index (χ0n) is 12.7. The molecule has 1 N–H and O–H groups in total. The fraction of sp³-hybridized carbons (Fsp3) is 0.500. The summed E-state index contributed by atoms with van der Waals surface area (Å²) >= 11 is 1.61. The van der Waals surface area contributed by atoms with Crippen molar-refractivity contribution in [3.05, 3.63) is 40.3 Å². The lowest BCUT2D eigenvalue weighted by atomic mass is 9.98. The van der Waals surface area contributed by atoms with E-state index in [1.165, 1.54) is 0 Å². The van der Waals surface area contributed by atoms with Crippen LogP contribution in [0.2, 0.25) is 0 Å². The maximum absolute atomic E-state index is 12.2. The molecule has 1 aliphatic rings. The van der Waals surface area contributed by atoms with Gasteiger partial charge in [-0.05, 0) is 42.2 Å². The van der Waals surface area contributed by atoms with E-state index in [0.29, 0.717) is 6.42 Å². The average molecular weight is 319 g/mol.